The molecule has 4 rings (SSSR count). The molecule has 0 aliphatic carbocycles. The van der Waals surface area contributed by atoms with E-state index in [4.69, 9.17) is 4.74 Å². The molecule has 0 radical (unpaired) electrons. The Balaban J connectivity index is 1.38. The van der Waals surface area contributed by atoms with Crippen molar-refractivity contribution in [1.82, 2.24) is 20.3 Å². The molecule has 0 saturated carbocycles. The zero-order chi connectivity index (χ0) is 19.3. The van der Waals surface area contributed by atoms with Crippen molar-refractivity contribution in [3.8, 4) is 5.75 Å². The van der Waals surface area contributed by atoms with E-state index in [0.717, 1.165) is 41.9 Å². The summed E-state index contributed by atoms with van der Waals surface area (Å²) in [5, 5.41) is 3.06. The summed E-state index contributed by atoms with van der Waals surface area (Å²) in [6, 6.07) is 9.73. The van der Waals surface area contributed by atoms with E-state index in [9.17, 15) is 4.79 Å². The fourth-order valence-electron chi connectivity index (χ4n) is 3.52. The van der Waals surface area contributed by atoms with Gasteiger partial charge in [0.15, 0.2) is 5.65 Å². The lowest BCUT2D eigenvalue weighted by Crippen LogP contribution is -2.43. The highest BCUT2D eigenvalue weighted by atomic mass is 16.5. The zero-order valence-electron chi connectivity index (χ0n) is 15.8. The third kappa shape index (κ3) is 4.03. The predicted molar refractivity (Wildman–Crippen MR) is 107 cm³/mol. The summed E-state index contributed by atoms with van der Waals surface area (Å²) >= 11 is 0. The second-order valence-electron chi connectivity index (χ2n) is 6.94. The average Bonchev–Trinajstić information content (AvgIpc) is 2.77. The number of hydrogen-bond acceptors (Lipinski definition) is 6. The van der Waals surface area contributed by atoms with Gasteiger partial charge in [-0.05, 0) is 36.6 Å². The quantitative estimate of drug-likeness (QED) is 0.736. The largest absolute Gasteiger partial charge is 0.497 e. The average molecular weight is 377 g/mol. The van der Waals surface area contributed by atoms with Crippen LogP contribution >= 0.6 is 0 Å². The highest BCUT2D eigenvalue weighted by Gasteiger charge is 2.26. The first-order valence-electron chi connectivity index (χ1n) is 9.45. The molecule has 0 unspecified atom stereocenters. The molecule has 1 amide bonds. The fraction of sp³-hybridized carbons (Fsp3) is 0.333. The minimum absolute atomic E-state index is 0.0375. The van der Waals surface area contributed by atoms with Crippen molar-refractivity contribution < 1.29 is 9.53 Å². The van der Waals surface area contributed by atoms with Crippen molar-refractivity contribution in [3.63, 3.8) is 0 Å². The summed E-state index contributed by atoms with van der Waals surface area (Å²) in [6.07, 6.45) is 6.98. The number of pyridine rings is 1. The van der Waals surface area contributed by atoms with Crippen molar-refractivity contribution in [2.45, 2.75) is 19.4 Å². The Bertz CT molecular complexity index is 960. The van der Waals surface area contributed by atoms with Crippen LogP contribution in [-0.2, 0) is 11.3 Å². The Kier molecular flexibility index (Phi) is 5.32. The predicted octanol–water partition coefficient (Wildman–Crippen LogP) is 2.57. The van der Waals surface area contributed by atoms with Crippen LogP contribution in [0, 0.1) is 5.92 Å². The minimum atomic E-state index is -0.0375. The van der Waals surface area contributed by atoms with Crippen LogP contribution in [-0.4, -0.2) is 41.1 Å². The minimum Gasteiger partial charge on any atom is -0.497 e. The van der Waals surface area contributed by atoms with E-state index in [0.29, 0.717) is 18.7 Å². The van der Waals surface area contributed by atoms with Crippen molar-refractivity contribution in [2.75, 3.05) is 25.1 Å². The Morgan fingerprint density at radius 3 is 2.86 bits per heavy atom. The first kappa shape index (κ1) is 18.2. The first-order chi connectivity index (χ1) is 13.7. The summed E-state index contributed by atoms with van der Waals surface area (Å²) < 4.78 is 5.16. The van der Waals surface area contributed by atoms with E-state index < -0.39 is 0 Å². The summed E-state index contributed by atoms with van der Waals surface area (Å²) in [7, 11) is 1.64. The molecular formula is C21H23N5O2. The Morgan fingerprint density at radius 2 is 2.04 bits per heavy atom. The van der Waals surface area contributed by atoms with Crippen molar-refractivity contribution >= 4 is 22.8 Å². The van der Waals surface area contributed by atoms with E-state index in [-0.39, 0.29) is 11.8 Å². The van der Waals surface area contributed by atoms with E-state index in [1.54, 1.807) is 19.5 Å². The number of ether oxygens (including phenoxy) is 1. The number of carbonyl (C=O) groups is 1. The number of anilines is 1. The summed E-state index contributed by atoms with van der Waals surface area (Å²) in [5.41, 5.74) is 3.45. The second kappa shape index (κ2) is 8.21. The SMILES string of the molecule is COc1ccc(CNC(=O)[C@@H]2CCCN(c3cnc4nccnc4c3)C2)cc1. The topological polar surface area (TPSA) is 80.2 Å². The molecule has 1 N–H and O–H groups in total. The van der Waals surface area contributed by atoms with Crippen LogP contribution in [0.15, 0.2) is 48.9 Å². The smallest absolute Gasteiger partial charge is 0.225 e. The lowest BCUT2D eigenvalue weighted by Gasteiger charge is -2.33. The number of methoxy groups -OCH3 is 1. The number of fused-ring (bicyclic) bond motifs is 1. The lowest BCUT2D eigenvalue weighted by atomic mass is 9.96. The van der Waals surface area contributed by atoms with Gasteiger partial charge in [-0.15, -0.1) is 0 Å². The normalized spacial score (nSPS) is 16.8. The maximum Gasteiger partial charge on any atom is 0.225 e. The second-order valence-corrected chi connectivity index (χ2v) is 6.94. The zero-order valence-corrected chi connectivity index (χ0v) is 15.8. The van der Waals surface area contributed by atoms with Gasteiger partial charge in [0.2, 0.25) is 5.91 Å². The van der Waals surface area contributed by atoms with Crippen molar-refractivity contribution in [2.24, 2.45) is 5.92 Å². The third-order valence-corrected chi connectivity index (χ3v) is 5.09. The van der Waals surface area contributed by atoms with Gasteiger partial charge in [0, 0.05) is 32.0 Å². The molecule has 3 aromatic rings. The first-order valence-corrected chi connectivity index (χ1v) is 9.45. The number of rotatable bonds is 5. The van der Waals surface area contributed by atoms with Crippen LogP contribution in [0.5, 0.6) is 5.75 Å². The molecule has 1 fully saturated rings. The molecule has 2 aromatic heterocycles. The van der Waals surface area contributed by atoms with E-state index in [2.05, 4.69) is 25.2 Å². The van der Waals surface area contributed by atoms with Gasteiger partial charge in [-0.1, -0.05) is 12.1 Å². The van der Waals surface area contributed by atoms with Crippen LogP contribution in [0.4, 0.5) is 5.69 Å². The van der Waals surface area contributed by atoms with Crippen LogP contribution in [0.25, 0.3) is 11.2 Å². The third-order valence-electron chi connectivity index (χ3n) is 5.09. The van der Waals surface area contributed by atoms with Gasteiger partial charge >= 0.3 is 0 Å². The van der Waals surface area contributed by atoms with Gasteiger partial charge in [0.1, 0.15) is 11.3 Å². The van der Waals surface area contributed by atoms with E-state index in [1.807, 2.05) is 36.5 Å². The number of amides is 1. The molecule has 7 heteroatoms. The van der Waals surface area contributed by atoms with Gasteiger partial charge in [-0.3, -0.25) is 9.78 Å². The van der Waals surface area contributed by atoms with Gasteiger partial charge in [0.05, 0.1) is 24.9 Å². The highest BCUT2D eigenvalue weighted by Crippen LogP contribution is 2.24. The highest BCUT2D eigenvalue weighted by molar-refractivity contribution is 5.80. The molecular weight excluding hydrogens is 354 g/mol. The van der Waals surface area contributed by atoms with Gasteiger partial charge < -0.3 is 15.0 Å². The maximum atomic E-state index is 12.7. The van der Waals surface area contributed by atoms with Crippen LogP contribution in [0.1, 0.15) is 18.4 Å². The van der Waals surface area contributed by atoms with Crippen LogP contribution in [0.2, 0.25) is 0 Å². The molecule has 1 aliphatic heterocycles. The van der Waals surface area contributed by atoms with Gasteiger partial charge in [0.25, 0.3) is 0 Å². The number of aromatic nitrogens is 3. The number of nitrogens with one attached hydrogen (secondary N) is 1. The number of carbonyl (C=O) groups excluding carboxylic acids is 1. The molecule has 1 aromatic carbocycles. The summed E-state index contributed by atoms with van der Waals surface area (Å²) in [6.45, 7) is 2.12. The summed E-state index contributed by atoms with van der Waals surface area (Å²) in [4.78, 5) is 27.8. The van der Waals surface area contributed by atoms with Crippen molar-refractivity contribution in [3.05, 3.63) is 54.5 Å². The lowest BCUT2D eigenvalue weighted by molar-refractivity contribution is -0.125. The van der Waals surface area contributed by atoms with Crippen molar-refractivity contribution in [1.29, 1.82) is 0 Å². The van der Waals surface area contributed by atoms with Gasteiger partial charge in [-0.2, -0.15) is 0 Å². The Labute approximate surface area is 163 Å². The van der Waals surface area contributed by atoms with E-state index in [1.165, 1.54) is 0 Å². The molecule has 0 bridgehead atoms. The number of nitrogens with zero attached hydrogens (tertiary/aromatic N) is 4. The number of benzene rings is 1. The molecule has 0 spiro atoms. The number of piperidine rings is 1. The monoisotopic (exact) mass is 377 g/mol. The molecule has 3 heterocycles. The molecule has 1 aliphatic rings. The van der Waals surface area contributed by atoms with Crippen LogP contribution in [0.3, 0.4) is 0 Å². The summed E-state index contributed by atoms with van der Waals surface area (Å²) in [5.74, 6) is 0.866. The number of hydrogen-bond donors (Lipinski definition) is 1. The van der Waals surface area contributed by atoms with Crippen LogP contribution < -0.4 is 15.0 Å². The maximum absolute atomic E-state index is 12.7. The van der Waals surface area contributed by atoms with Gasteiger partial charge in [-0.25, -0.2) is 9.97 Å². The molecule has 1 atom stereocenters. The standard InChI is InChI=1S/C21H23N5O2/c1-28-18-6-4-15(5-7-18)12-25-21(27)16-3-2-10-26(14-16)17-11-19-20(24-13-17)23-9-8-22-19/h4-9,11,13,16H,2-3,10,12,14H2,1H3,(H,25,27)/t16-/m1/s1. The molecule has 7 nitrogen and oxygen atoms in total. The van der Waals surface area contributed by atoms with E-state index >= 15 is 0 Å². The Morgan fingerprint density at radius 1 is 1.21 bits per heavy atom. The Hall–Kier alpha value is -3.22. The molecule has 144 valence electrons. The molecule has 28 heavy (non-hydrogen) atoms. The fourth-order valence-corrected chi connectivity index (χ4v) is 3.52. The molecule has 1 saturated heterocycles.